The molecule has 0 fully saturated rings. The summed E-state index contributed by atoms with van der Waals surface area (Å²) in [6.45, 7) is 2.06. The number of hydrogen-bond acceptors (Lipinski definition) is 5. The molecule has 2 aromatic carbocycles. The molecule has 3 rings (SSSR count). The van der Waals surface area contributed by atoms with Crippen molar-refractivity contribution in [1.82, 2.24) is 10.2 Å². The molecular formula is C18H15N3O2S. The predicted octanol–water partition coefficient (Wildman–Crippen LogP) is 4.65. The van der Waals surface area contributed by atoms with E-state index < -0.39 is 4.92 Å². The average molecular weight is 337 g/mol. The Hall–Kier alpha value is -2.73. The summed E-state index contributed by atoms with van der Waals surface area (Å²) in [5.41, 5.74) is 3.83. The van der Waals surface area contributed by atoms with E-state index in [9.17, 15) is 10.1 Å². The molecule has 0 saturated heterocycles. The normalized spacial score (nSPS) is 10.5. The third-order valence-corrected chi connectivity index (χ3v) is 4.49. The first-order valence-electron chi connectivity index (χ1n) is 7.39. The van der Waals surface area contributed by atoms with Gasteiger partial charge >= 0.3 is 0 Å². The third kappa shape index (κ3) is 3.97. The summed E-state index contributed by atoms with van der Waals surface area (Å²) in [5.74, 6) is 0.825. The van der Waals surface area contributed by atoms with Crippen LogP contribution in [0.1, 0.15) is 11.1 Å². The summed E-state index contributed by atoms with van der Waals surface area (Å²) >= 11 is 1.61. The Balaban J connectivity index is 1.70. The van der Waals surface area contributed by atoms with Crippen LogP contribution in [0.4, 0.5) is 5.69 Å². The molecule has 0 spiro atoms. The van der Waals surface area contributed by atoms with Gasteiger partial charge in [-0.2, -0.15) is 0 Å². The minimum Gasteiger partial charge on any atom is -0.258 e. The quantitative estimate of drug-likeness (QED) is 0.385. The van der Waals surface area contributed by atoms with Crippen molar-refractivity contribution in [2.24, 2.45) is 0 Å². The minimum atomic E-state index is -0.414. The van der Waals surface area contributed by atoms with Crippen LogP contribution in [-0.4, -0.2) is 15.1 Å². The van der Waals surface area contributed by atoms with Crippen molar-refractivity contribution in [2.75, 3.05) is 0 Å². The van der Waals surface area contributed by atoms with Gasteiger partial charge in [0.05, 0.1) is 10.6 Å². The molecule has 1 heterocycles. The lowest BCUT2D eigenvalue weighted by molar-refractivity contribution is -0.384. The lowest BCUT2D eigenvalue weighted by Crippen LogP contribution is -1.92. The van der Waals surface area contributed by atoms with Gasteiger partial charge in [0.15, 0.2) is 0 Å². The molecule has 120 valence electrons. The highest BCUT2D eigenvalue weighted by Crippen LogP contribution is 2.25. The zero-order chi connectivity index (χ0) is 16.9. The first-order chi connectivity index (χ1) is 11.6. The fourth-order valence-electron chi connectivity index (χ4n) is 2.17. The Morgan fingerprint density at radius 1 is 1.04 bits per heavy atom. The first kappa shape index (κ1) is 16.1. The zero-order valence-electron chi connectivity index (χ0n) is 13.0. The summed E-state index contributed by atoms with van der Waals surface area (Å²) < 4.78 is 0. The molecule has 0 aliphatic heterocycles. The van der Waals surface area contributed by atoms with Gasteiger partial charge in [-0.3, -0.25) is 10.1 Å². The molecule has 0 amide bonds. The second-order valence-corrected chi connectivity index (χ2v) is 6.33. The van der Waals surface area contributed by atoms with Gasteiger partial charge in [-0.1, -0.05) is 53.7 Å². The predicted molar refractivity (Wildman–Crippen MR) is 94.9 cm³/mol. The summed E-state index contributed by atoms with van der Waals surface area (Å²) in [6.07, 6.45) is 0. The van der Waals surface area contributed by atoms with Crippen LogP contribution in [0.5, 0.6) is 0 Å². The number of nitro benzene ring substituents is 1. The van der Waals surface area contributed by atoms with E-state index in [4.69, 9.17) is 0 Å². The Morgan fingerprint density at radius 3 is 2.50 bits per heavy atom. The van der Waals surface area contributed by atoms with E-state index >= 15 is 0 Å². The maximum absolute atomic E-state index is 10.8. The fourth-order valence-corrected chi connectivity index (χ4v) is 2.94. The lowest BCUT2D eigenvalue weighted by Gasteiger charge is -2.03. The van der Waals surface area contributed by atoms with E-state index in [1.165, 1.54) is 23.3 Å². The molecule has 0 atom stereocenters. The number of rotatable bonds is 5. The largest absolute Gasteiger partial charge is 0.270 e. The number of aromatic nitrogens is 2. The molecule has 3 aromatic rings. The Labute approximate surface area is 143 Å². The number of hydrogen-bond donors (Lipinski definition) is 0. The monoisotopic (exact) mass is 337 g/mol. The fraction of sp³-hybridized carbons (Fsp3) is 0.111. The molecule has 5 nitrogen and oxygen atoms in total. The minimum absolute atomic E-state index is 0.0483. The van der Waals surface area contributed by atoms with Crippen molar-refractivity contribution in [2.45, 2.75) is 17.7 Å². The van der Waals surface area contributed by atoms with Crippen LogP contribution in [0, 0.1) is 17.0 Å². The highest BCUT2D eigenvalue weighted by atomic mass is 32.2. The van der Waals surface area contributed by atoms with Crippen LogP contribution < -0.4 is 0 Å². The van der Waals surface area contributed by atoms with E-state index in [2.05, 4.69) is 41.4 Å². The molecule has 0 aliphatic rings. The van der Waals surface area contributed by atoms with Gasteiger partial charge < -0.3 is 0 Å². The zero-order valence-corrected chi connectivity index (χ0v) is 13.9. The standard InChI is InChI=1S/C18H15N3O2S/c1-13-5-7-14(8-6-13)12-24-18-10-9-17(19-20-18)15-3-2-4-16(11-15)21(22)23/h2-11H,12H2,1H3. The smallest absolute Gasteiger partial charge is 0.258 e. The summed E-state index contributed by atoms with van der Waals surface area (Å²) in [4.78, 5) is 10.4. The molecule has 24 heavy (non-hydrogen) atoms. The van der Waals surface area contributed by atoms with Crippen LogP contribution in [0.15, 0.2) is 65.7 Å². The van der Waals surface area contributed by atoms with Gasteiger partial charge in [-0.05, 0) is 24.6 Å². The number of benzene rings is 2. The number of aryl methyl sites for hydroxylation is 1. The molecular weight excluding hydrogens is 322 g/mol. The number of nitro groups is 1. The second kappa shape index (κ2) is 7.23. The molecule has 0 unspecified atom stereocenters. The molecule has 0 bridgehead atoms. The number of thioether (sulfide) groups is 1. The van der Waals surface area contributed by atoms with Gasteiger partial charge in [0, 0.05) is 23.4 Å². The van der Waals surface area contributed by atoms with E-state index in [-0.39, 0.29) is 5.69 Å². The molecule has 6 heteroatoms. The van der Waals surface area contributed by atoms with Crippen LogP contribution in [-0.2, 0) is 5.75 Å². The average Bonchev–Trinajstić information content (AvgIpc) is 2.62. The lowest BCUT2D eigenvalue weighted by atomic mass is 10.1. The Kier molecular flexibility index (Phi) is 4.86. The van der Waals surface area contributed by atoms with E-state index in [0.29, 0.717) is 11.3 Å². The Morgan fingerprint density at radius 2 is 1.83 bits per heavy atom. The molecule has 0 radical (unpaired) electrons. The molecule has 1 aromatic heterocycles. The number of non-ortho nitro benzene ring substituents is 1. The van der Waals surface area contributed by atoms with Gasteiger partial charge in [0.2, 0.25) is 0 Å². The van der Waals surface area contributed by atoms with Crippen molar-refractivity contribution >= 4 is 17.4 Å². The molecule has 0 N–H and O–H groups in total. The van der Waals surface area contributed by atoms with Crippen molar-refractivity contribution < 1.29 is 4.92 Å². The Bertz CT molecular complexity index is 849. The van der Waals surface area contributed by atoms with E-state index in [1.54, 1.807) is 23.9 Å². The second-order valence-electron chi connectivity index (χ2n) is 5.34. The van der Waals surface area contributed by atoms with Gasteiger partial charge in [0.25, 0.3) is 5.69 Å². The third-order valence-electron chi connectivity index (χ3n) is 3.50. The summed E-state index contributed by atoms with van der Waals surface area (Å²) in [5, 5.41) is 20.1. The van der Waals surface area contributed by atoms with Crippen molar-refractivity contribution in [3.63, 3.8) is 0 Å². The number of nitrogens with zero attached hydrogens (tertiary/aromatic N) is 3. The topological polar surface area (TPSA) is 68.9 Å². The first-order valence-corrected chi connectivity index (χ1v) is 8.37. The van der Waals surface area contributed by atoms with Crippen molar-refractivity contribution in [3.8, 4) is 11.3 Å². The summed E-state index contributed by atoms with van der Waals surface area (Å²) in [6, 6.07) is 18.5. The summed E-state index contributed by atoms with van der Waals surface area (Å²) in [7, 11) is 0. The van der Waals surface area contributed by atoms with Gasteiger partial charge in [0.1, 0.15) is 5.03 Å². The maximum atomic E-state index is 10.8. The van der Waals surface area contributed by atoms with Crippen LogP contribution >= 0.6 is 11.8 Å². The SMILES string of the molecule is Cc1ccc(CSc2ccc(-c3cccc([N+](=O)[O-])c3)nn2)cc1. The maximum Gasteiger partial charge on any atom is 0.270 e. The van der Waals surface area contributed by atoms with Crippen LogP contribution in [0.3, 0.4) is 0 Å². The van der Waals surface area contributed by atoms with Crippen LogP contribution in [0.25, 0.3) is 11.3 Å². The van der Waals surface area contributed by atoms with Crippen LogP contribution in [0.2, 0.25) is 0 Å². The molecule has 0 aliphatic carbocycles. The highest BCUT2D eigenvalue weighted by molar-refractivity contribution is 7.98. The van der Waals surface area contributed by atoms with E-state index in [1.807, 2.05) is 12.1 Å². The van der Waals surface area contributed by atoms with Gasteiger partial charge in [-0.15, -0.1) is 10.2 Å². The van der Waals surface area contributed by atoms with Crippen molar-refractivity contribution in [1.29, 1.82) is 0 Å². The van der Waals surface area contributed by atoms with Crippen molar-refractivity contribution in [3.05, 3.63) is 81.9 Å². The molecule has 0 saturated carbocycles. The van der Waals surface area contributed by atoms with E-state index in [0.717, 1.165) is 10.8 Å². The van der Waals surface area contributed by atoms with Gasteiger partial charge in [-0.25, -0.2) is 0 Å². The highest BCUT2D eigenvalue weighted by Gasteiger charge is 2.08.